The molecule has 0 aliphatic rings. The van der Waals surface area contributed by atoms with Gasteiger partial charge < -0.3 is 11.5 Å². The zero-order valence-corrected chi connectivity index (χ0v) is 8.12. The minimum atomic E-state index is -0.534. The Morgan fingerprint density at radius 1 is 1.36 bits per heavy atom. The van der Waals surface area contributed by atoms with Crippen LogP contribution in [0.2, 0.25) is 0 Å². The molecule has 0 fully saturated rings. The highest BCUT2D eigenvalue weighted by atomic mass is 35.5. The van der Waals surface area contributed by atoms with E-state index in [4.69, 9.17) is 23.1 Å². The lowest BCUT2D eigenvalue weighted by molar-refractivity contribution is -0.384. The van der Waals surface area contributed by atoms with Crippen molar-refractivity contribution in [1.82, 2.24) is 0 Å². The van der Waals surface area contributed by atoms with Crippen LogP contribution in [0.3, 0.4) is 0 Å². The Labute approximate surface area is 85.8 Å². The molecular weight excluding hydrogens is 206 g/mol. The van der Waals surface area contributed by atoms with Gasteiger partial charge in [-0.15, -0.1) is 11.6 Å². The van der Waals surface area contributed by atoms with Crippen molar-refractivity contribution in [2.45, 2.75) is 6.42 Å². The number of alkyl halides is 1. The van der Waals surface area contributed by atoms with Crippen LogP contribution in [-0.4, -0.2) is 10.8 Å². The Kier molecular flexibility index (Phi) is 3.14. The van der Waals surface area contributed by atoms with Gasteiger partial charge in [0.05, 0.1) is 10.5 Å². The fraction of sp³-hybridized carbons (Fsp3) is 0.250. The lowest BCUT2D eigenvalue weighted by Gasteiger charge is -2.06. The van der Waals surface area contributed by atoms with Crippen LogP contribution in [-0.2, 0) is 6.42 Å². The Hall–Kier alpha value is -1.49. The van der Waals surface area contributed by atoms with Gasteiger partial charge in [0.1, 0.15) is 5.69 Å². The monoisotopic (exact) mass is 215 g/mol. The molecular formula is C8H10ClN3O2. The van der Waals surface area contributed by atoms with E-state index in [0.717, 1.165) is 0 Å². The summed E-state index contributed by atoms with van der Waals surface area (Å²) >= 11 is 5.52. The second kappa shape index (κ2) is 4.15. The number of nitrogens with two attached hydrogens (primary N) is 2. The Morgan fingerprint density at radius 2 is 1.93 bits per heavy atom. The average Bonchev–Trinajstić information content (AvgIpc) is 2.11. The first-order valence-corrected chi connectivity index (χ1v) is 4.48. The van der Waals surface area contributed by atoms with Gasteiger partial charge in [-0.05, 0) is 18.6 Å². The van der Waals surface area contributed by atoms with Gasteiger partial charge in [0.15, 0.2) is 0 Å². The second-order valence-electron chi connectivity index (χ2n) is 2.77. The summed E-state index contributed by atoms with van der Waals surface area (Å²) in [6.07, 6.45) is 0.342. The minimum absolute atomic E-state index is 0.115. The van der Waals surface area contributed by atoms with Crippen molar-refractivity contribution < 1.29 is 4.92 Å². The van der Waals surface area contributed by atoms with E-state index in [1.54, 1.807) is 6.07 Å². The summed E-state index contributed by atoms with van der Waals surface area (Å²) in [5.74, 6) is 0.272. The van der Waals surface area contributed by atoms with Crippen LogP contribution in [0.25, 0.3) is 0 Å². The molecule has 76 valence electrons. The molecule has 0 aliphatic carbocycles. The van der Waals surface area contributed by atoms with Gasteiger partial charge in [-0.1, -0.05) is 0 Å². The lowest BCUT2D eigenvalue weighted by atomic mass is 10.1. The molecule has 1 aromatic rings. The number of nitrogens with zero attached hydrogens (tertiary/aromatic N) is 1. The van der Waals surface area contributed by atoms with E-state index in [0.29, 0.717) is 17.7 Å². The maximum absolute atomic E-state index is 10.7. The summed E-state index contributed by atoms with van der Waals surface area (Å²) in [7, 11) is 0. The highest BCUT2D eigenvalue weighted by molar-refractivity contribution is 6.18. The summed E-state index contributed by atoms with van der Waals surface area (Å²) in [6, 6.07) is 2.97. The van der Waals surface area contributed by atoms with Crippen molar-refractivity contribution in [3.05, 3.63) is 27.8 Å². The molecule has 6 heteroatoms. The van der Waals surface area contributed by atoms with Gasteiger partial charge in [-0.25, -0.2) is 0 Å². The highest BCUT2D eigenvalue weighted by Crippen LogP contribution is 2.31. The molecule has 0 atom stereocenters. The Bertz CT molecular complexity index is 368. The molecule has 14 heavy (non-hydrogen) atoms. The summed E-state index contributed by atoms with van der Waals surface area (Å²) in [4.78, 5) is 10.2. The van der Waals surface area contributed by atoms with Gasteiger partial charge in [-0.2, -0.15) is 0 Å². The second-order valence-corrected chi connectivity index (χ2v) is 3.15. The third-order valence-electron chi connectivity index (χ3n) is 1.88. The van der Waals surface area contributed by atoms with Crippen molar-refractivity contribution >= 4 is 28.7 Å². The Morgan fingerprint density at radius 3 is 2.43 bits per heavy atom. The van der Waals surface area contributed by atoms with Crippen LogP contribution in [0, 0.1) is 10.1 Å². The molecule has 0 radical (unpaired) electrons. The number of nitro benzene ring substituents is 1. The van der Waals surface area contributed by atoms with E-state index in [1.165, 1.54) is 6.07 Å². The van der Waals surface area contributed by atoms with E-state index in [2.05, 4.69) is 0 Å². The summed E-state index contributed by atoms with van der Waals surface area (Å²) in [5, 5.41) is 10.7. The fourth-order valence-electron chi connectivity index (χ4n) is 1.24. The van der Waals surface area contributed by atoms with E-state index < -0.39 is 4.92 Å². The first-order chi connectivity index (χ1) is 6.57. The van der Waals surface area contributed by atoms with Crippen molar-refractivity contribution in [2.75, 3.05) is 17.3 Å². The van der Waals surface area contributed by atoms with Gasteiger partial charge in [0.25, 0.3) is 5.69 Å². The van der Waals surface area contributed by atoms with Gasteiger partial charge in [0.2, 0.25) is 0 Å². The first-order valence-electron chi connectivity index (χ1n) is 3.95. The van der Waals surface area contributed by atoms with Crippen molar-refractivity contribution in [3.8, 4) is 0 Å². The smallest absolute Gasteiger partial charge is 0.297 e. The Balaban J connectivity index is 3.33. The molecule has 0 amide bonds. The highest BCUT2D eigenvalue weighted by Gasteiger charge is 2.19. The van der Waals surface area contributed by atoms with Crippen LogP contribution < -0.4 is 11.5 Å². The normalized spacial score (nSPS) is 10.1. The number of anilines is 2. The molecule has 0 spiro atoms. The number of hydrogen-bond donors (Lipinski definition) is 2. The molecule has 0 bridgehead atoms. The molecule has 1 rings (SSSR count). The third kappa shape index (κ3) is 1.88. The predicted molar refractivity (Wildman–Crippen MR) is 56.3 cm³/mol. The molecule has 0 aliphatic heterocycles. The molecule has 0 aromatic heterocycles. The van der Waals surface area contributed by atoms with E-state index in [9.17, 15) is 10.1 Å². The maximum atomic E-state index is 10.7. The third-order valence-corrected chi connectivity index (χ3v) is 2.07. The molecule has 5 nitrogen and oxygen atoms in total. The van der Waals surface area contributed by atoms with Crippen molar-refractivity contribution in [2.24, 2.45) is 0 Å². The topological polar surface area (TPSA) is 95.2 Å². The van der Waals surface area contributed by atoms with Gasteiger partial charge in [0, 0.05) is 11.6 Å². The molecule has 0 unspecified atom stereocenters. The fourth-order valence-corrected chi connectivity index (χ4v) is 1.43. The number of hydrogen-bond acceptors (Lipinski definition) is 4. The predicted octanol–water partition coefficient (Wildman–Crippen LogP) is 1.54. The molecule has 0 saturated heterocycles. The summed E-state index contributed by atoms with van der Waals surface area (Å²) in [5.41, 5.74) is 11.8. The average molecular weight is 216 g/mol. The minimum Gasteiger partial charge on any atom is -0.398 e. The standard InChI is InChI=1S/C8H10ClN3O2/c9-4-3-5-6(10)1-2-7(11)8(5)12(13)14/h1-2H,3-4,10-11H2. The van der Waals surface area contributed by atoms with Crippen LogP contribution in [0.5, 0.6) is 0 Å². The number of halogens is 1. The summed E-state index contributed by atoms with van der Waals surface area (Å²) in [6.45, 7) is 0. The zero-order chi connectivity index (χ0) is 10.7. The van der Waals surface area contributed by atoms with Crippen LogP contribution in [0.4, 0.5) is 17.1 Å². The van der Waals surface area contributed by atoms with E-state index in [1.807, 2.05) is 0 Å². The van der Waals surface area contributed by atoms with Crippen LogP contribution in [0.1, 0.15) is 5.56 Å². The quantitative estimate of drug-likeness (QED) is 0.346. The number of nitro groups is 1. The maximum Gasteiger partial charge on any atom is 0.297 e. The van der Waals surface area contributed by atoms with Gasteiger partial charge in [-0.3, -0.25) is 10.1 Å². The number of benzene rings is 1. The molecule has 0 heterocycles. The largest absolute Gasteiger partial charge is 0.398 e. The van der Waals surface area contributed by atoms with Gasteiger partial charge >= 0.3 is 0 Å². The van der Waals surface area contributed by atoms with Crippen LogP contribution >= 0.6 is 11.6 Å². The summed E-state index contributed by atoms with van der Waals surface area (Å²) < 4.78 is 0. The molecule has 4 N–H and O–H groups in total. The SMILES string of the molecule is Nc1ccc(N)c([N+](=O)[O-])c1CCCl. The molecule has 1 aromatic carbocycles. The first kappa shape index (κ1) is 10.6. The van der Waals surface area contributed by atoms with E-state index in [-0.39, 0.29) is 17.3 Å². The number of rotatable bonds is 3. The van der Waals surface area contributed by atoms with Crippen molar-refractivity contribution in [1.29, 1.82) is 0 Å². The van der Waals surface area contributed by atoms with Crippen molar-refractivity contribution in [3.63, 3.8) is 0 Å². The lowest BCUT2D eigenvalue weighted by Crippen LogP contribution is -2.04. The number of nitrogen functional groups attached to an aromatic ring is 2. The van der Waals surface area contributed by atoms with E-state index >= 15 is 0 Å². The zero-order valence-electron chi connectivity index (χ0n) is 7.37. The molecule has 0 saturated carbocycles. The van der Waals surface area contributed by atoms with Crippen LogP contribution in [0.15, 0.2) is 12.1 Å².